The summed E-state index contributed by atoms with van der Waals surface area (Å²) in [6.45, 7) is 1.18. The van der Waals surface area contributed by atoms with E-state index < -0.39 is 6.16 Å². The Balaban J connectivity index is 1.14. The molecule has 2 aliphatic rings. The number of aryl methyl sites for hydroxylation is 1. The number of fused-ring (bicyclic) bond motifs is 2. The van der Waals surface area contributed by atoms with E-state index in [1.807, 2.05) is 18.3 Å². The number of benzene rings is 2. The first-order valence-electron chi connectivity index (χ1n) is 11.0. The zero-order valence-corrected chi connectivity index (χ0v) is 17.7. The minimum Gasteiger partial charge on any atom is -0.454 e. The number of aromatic amines is 1. The van der Waals surface area contributed by atoms with Gasteiger partial charge in [0.15, 0.2) is 11.5 Å². The van der Waals surface area contributed by atoms with Crippen LogP contribution in [0, 0.1) is 0 Å². The molecule has 0 radical (unpaired) electrons. The van der Waals surface area contributed by atoms with E-state index in [1.54, 1.807) is 12.1 Å². The second-order valence-corrected chi connectivity index (χ2v) is 8.24. The summed E-state index contributed by atoms with van der Waals surface area (Å²) in [7, 11) is 0. The highest BCUT2D eigenvalue weighted by atomic mass is 16.7. The predicted octanol–water partition coefficient (Wildman–Crippen LogP) is 5.11. The molecule has 0 saturated heterocycles. The monoisotopic (exact) mass is 434 g/mol. The topological polar surface area (TPSA) is 92.8 Å². The van der Waals surface area contributed by atoms with Gasteiger partial charge in [-0.05, 0) is 72.7 Å². The number of aromatic nitrogens is 1. The molecule has 0 spiro atoms. The van der Waals surface area contributed by atoms with Crippen molar-refractivity contribution in [2.24, 2.45) is 0 Å². The third kappa shape index (κ3) is 4.43. The van der Waals surface area contributed by atoms with Crippen LogP contribution in [-0.4, -0.2) is 35.6 Å². The molecule has 2 aliphatic heterocycles. The molecular weight excluding hydrogens is 408 g/mol. The number of carbonyl (C=O) groups is 1. The molecule has 1 atom stereocenters. The Bertz CT molecular complexity index is 1170. The van der Waals surface area contributed by atoms with Crippen LogP contribution in [0.4, 0.5) is 4.79 Å². The molecule has 0 aliphatic carbocycles. The molecule has 0 amide bonds. The third-order valence-corrected chi connectivity index (χ3v) is 6.16. The molecule has 0 bridgehead atoms. The van der Waals surface area contributed by atoms with Gasteiger partial charge in [-0.3, -0.25) is 0 Å². The summed E-state index contributed by atoms with van der Waals surface area (Å²) in [5, 5.41) is 13.5. The molecular formula is C25H26N2O5. The zero-order chi connectivity index (χ0) is 21.9. The molecule has 5 rings (SSSR count). The molecule has 1 unspecified atom stereocenters. The number of nitrogens with one attached hydrogen (secondary N) is 2. The van der Waals surface area contributed by atoms with Crippen LogP contribution in [-0.2, 0) is 6.42 Å². The lowest BCUT2D eigenvalue weighted by Gasteiger charge is -2.24. The maximum atomic E-state index is 10.8. The lowest BCUT2D eigenvalue weighted by Crippen LogP contribution is -2.32. The summed E-state index contributed by atoms with van der Waals surface area (Å²) >= 11 is 0. The van der Waals surface area contributed by atoms with Gasteiger partial charge in [-0.15, -0.1) is 0 Å². The van der Waals surface area contributed by atoms with Gasteiger partial charge in [0.1, 0.15) is 5.75 Å². The highest BCUT2D eigenvalue weighted by Crippen LogP contribution is 2.36. The number of hydrogen-bond acceptors (Lipinski definition) is 5. The molecule has 3 heterocycles. The second-order valence-electron chi connectivity index (χ2n) is 8.24. The highest BCUT2D eigenvalue weighted by Gasteiger charge is 2.19. The van der Waals surface area contributed by atoms with E-state index in [1.165, 1.54) is 16.7 Å². The van der Waals surface area contributed by atoms with E-state index in [0.29, 0.717) is 18.6 Å². The molecule has 0 saturated carbocycles. The van der Waals surface area contributed by atoms with E-state index in [4.69, 9.17) is 19.3 Å². The largest absolute Gasteiger partial charge is 0.511 e. The van der Waals surface area contributed by atoms with E-state index in [9.17, 15) is 4.79 Å². The van der Waals surface area contributed by atoms with Crippen molar-refractivity contribution >= 4 is 22.6 Å². The van der Waals surface area contributed by atoms with Crippen molar-refractivity contribution in [2.45, 2.75) is 38.1 Å². The summed E-state index contributed by atoms with van der Waals surface area (Å²) in [4.78, 5) is 14.1. The van der Waals surface area contributed by atoms with E-state index in [-0.39, 0.29) is 0 Å². The van der Waals surface area contributed by atoms with Gasteiger partial charge in [0.25, 0.3) is 0 Å². The van der Waals surface area contributed by atoms with Crippen LogP contribution in [0.15, 0.2) is 48.7 Å². The molecule has 32 heavy (non-hydrogen) atoms. The van der Waals surface area contributed by atoms with Crippen molar-refractivity contribution in [1.82, 2.24) is 10.3 Å². The first kappa shape index (κ1) is 20.5. The normalized spacial score (nSPS) is 17.4. The average molecular weight is 434 g/mol. The smallest absolute Gasteiger partial charge is 0.454 e. The standard InChI is InChI=1S/C25H26N2O5/c28-25(29)32-20-6-7-22-21(13-20)18(14-27-22)3-1-2-4-19-11-17(9-10-26-19)16-5-8-23-24(12-16)31-15-30-23/h5-9,12-14,19,26-27H,1-4,10-11,15H2,(H,28,29). The van der Waals surface area contributed by atoms with Gasteiger partial charge in [0.05, 0.1) is 0 Å². The lowest BCUT2D eigenvalue weighted by atomic mass is 9.92. The Kier molecular flexibility index (Phi) is 5.73. The van der Waals surface area contributed by atoms with Crippen LogP contribution < -0.4 is 19.5 Å². The van der Waals surface area contributed by atoms with E-state index in [2.05, 4.69) is 28.5 Å². The summed E-state index contributed by atoms with van der Waals surface area (Å²) in [6, 6.07) is 11.9. The molecule has 0 fully saturated rings. The SMILES string of the molecule is O=C(O)Oc1ccc2[nH]cc(CCCCC3CC(c4ccc5c(c4)OCO5)=CCN3)c2c1. The molecule has 166 valence electrons. The summed E-state index contributed by atoms with van der Waals surface area (Å²) in [5.74, 6) is 1.99. The minimum atomic E-state index is -1.30. The number of H-pyrrole nitrogens is 1. The van der Waals surface area contributed by atoms with Crippen LogP contribution in [0.5, 0.6) is 17.2 Å². The first-order chi connectivity index (χ1) is 15.7. The Labute approximate surface area is 186 Å². The number of rotatable bonds is 7. The van der Waals surface area contributed by atoms with Crippen molar-refractivity contribution < 1.29 is 24.1 Å². The van der Waals surface area contributed by atoms with Crippen molar-refractivity contribution in [3.8, 4) is 17.2 Å². The molecule has 7 heteroatoms. The van der Waals surface area contributed by atoms with Crippen molar-refractivity contribution in [3.63, 3.8) is 0 Å². The first-order valence-corrected chi connectivity index (χ1v) is 11.0. The number of carboxylic acid groups (broad SMARTS) is 1. The maximum absolute atomic E-state index is 10.8. The van der Waals surface area contributed by atoms with Gasteiger partial charge in [-0.2, -0.15) is 0 Å². The van der Waals surface area contributed by atoms with Gasteiger partial charge in [-0.25, -0.2) is 4.79 Å². The Morgan fingerprint density at radius 1 is 1.12 bits per heavy atom. The van der Waals surface area contributed by atoms with Gasteiger partial charge in [-0.1, -0.05) is 18.6 Å². The third-order valence-electron chi connectivity index (χ3n) is 6.16. The van der Waals surface area contributed by atoms with E-state index >= 15 is 0 Å². The van der Waals surface area contributed by atoms with Gasteiger partial charge >= 0.3 is 6.16 Å². The zero-order valence-electron chi connectivity index (χ0n) is 17.7. The fourth-order valence-electron chi connectivity index (χ4n) is 4.54. The number of hydrogen-bond donors (Lipinski definition) is 3. The maximum Gasteiger partial charge on any atom is 0.511 e. The predicted molar refractivity (Wildman–Crippen MR) is 121 cm³/mol. The summed E-state index contributed by atoms with van der Waals surface area (Å²) in [5.41, 5.74) is 4.74. The summed E-state index contributed by atoms with van der Waals surface area (Å²) in [6.07, 6.45) is 8.21. The lowest BCUT2D eigenvalue weighted by molar-refractivity contribution is 0.144. The molecule has 3 N–H and O–H groups in total. The highest BCUT2D eigenvalue weighted by molar-refractivity contribution is 5.85. The van der Waals surface area contributed by atoms with Gasteiger partial charge < -0.3 is 29.6 Å². The number of unbranched alkanes of at least 4 members (excludes halogenated alkanes) is 1. The quantitative estimate of drug-likeness (QED) is 0.272. The van der Waals surface area contributed by atoms with Gasteiger partial charge in [0.2, 0.25) is 6.79 Å². The Morgan fingerprint density at radius 2 is 2.03 bits per heavy atom. The van der Waals surface area contributed by atoms with E-state index in [0.717, 1.165) is 61.1 Å². The van der Waals surface area contributed by atoms with Crippen LogP contribution in [0.3, 0.4) is 0 Å². The van der Waals surface area contributed by atoms with Gasteiger partial charge in [0, 0.05) is 29.7 Å². The van der Waals surface area contributed by atoms with Crippen molar-refractivity contribution in [2.75, 3.05) is 13.3 Å². The average Bonchev–Trinajstić information content (AvgIpc) is 3.43. The Hall–Kier alpha value is -3.45. The van der Waals surface area contributed by atoms with Crippen molar-refractivity contribution in [3.05, 3.63) is 59.8 Å². The van der Waals surface area contributed by atoms with Crippen LogP contribution in [0.25, 0.3) is 16.5 Å². The number of ether oxygens (including phenoxy) is 3. The molecule has 3 aromatic rings. The molecule has 1 aromatic heterocycles. The summed E-state index contributed by atoms with van der Waals surface area (Å²) < 4.78 is 15.7. The fraction of sp³-hybridized carbons (Fsp3) is 0.320. The molecule has 2 aromatic carbocycles. The Morgan fingerprint density at radius 3 is 2.94 bits per heavy atom. The molecule has 7 nitrogen and oxygen atoms in total. The van der Waals surface area contributed by atoms with Crippen LogP contribution in [0.1, 0.15) is 36.8 Å². The van der Waals surface area contributed by atoms with Crippen molar-refractivity contribution in [1.29, 1.82) is 0 Å². The van der Waals surface area contributed by atoms with Crippen LogP contribution in [0.2, 0.25) is 0 Å². The fourth-order valence-corrected chi connectivity index (χ4v) is 4.54. The second kappa shape index (κ2) is 8.96. The minimum absolute atomic E-state index is 0.298. The van der Waals surface area contributed by atoms with Crippen LogP contribution >= 0.6 is 0 Å².